The summed E-state index contributed by atoms with van der Waals surface area (Å²) >= 11 is 0. The van der Waals surface area contributed by atoms with E-state index in [4.69, 9.17) is 14.9 Å². The van der Waals surface area contributed by atoms with Gasteiger partial charge in [0, 0.05) is 6.42 Å². The second kappa shape index (κ2) is 5.89. The Morgan fingerprint density at radius 1 is 1.32 bits per heavy atom. The molecule has 0 aliphatic heterocycles. The van der Waals surface area contributed by atoms with Crippen LogP contribution in [0.1, 0.15) is 30.0 Å². The number of nitrogens with two attached hydrogens (primary N) is 1. The molecule has 102 valence electrons. The van der Waals surface area contributed by atoms with Gasteiger partial charge in [0.05, 0.1) is 13.2 Å². The Kier molecular flexibility index (Phi) is 4.22. The first-order valence-electron chi connectivity index (χ1n) is 6.31. The van der Waals surface area contributed by atoms with Crippen molar-refractivity contribution < 1.29 is 13.5 Å². The molecular formula is C15H18FNO2. The zero-order valence-corrected chi connectivity index (χ0v) is 11.2. The zero-order valence-electron chi connectivity index (χ0n) is 11.2. The summed E-state index contributed by atoms with van der Waals surface area (Å²) in [6, 6.07) is 8.44. The van der Waals surface area contributed by atoms with Crippen molar-refractivity contribution in [3.05, 3.63) is 53.2 Å². The molecule has 4 heteroatoms. The minimum absolute atomic E-state index is 0.235. The van der Waals surface area contributed by atoms with Gasteiger partial charge in [0.15, 0.2) is 11.6 Å². The molecule has 1 aromatic heterocycles. The van der Waals surface area contributed by atoms with Crippen LogP contribution >= 0.6 is 0 Å². The van der Waals surface area contributed by atoms with Crippen molar-refractivity contribution in [2.24, 2.45) is 5.73 Å². The van der Waals surface area contributed by atoms with Crippen molar-refractivity contribution in [1.29, 1.82) is 0 Å². The second-order valence-electron chi connectivity index (χ2n) is 4.40. The van der Waals surface area contributed by atoms with E-state index in [0.717, 1.165) is 12.2 Å². The van der Waals surface area contributed by atoms with E-state index in [1.807, 2.05) is 19.1 Å². The average molecular weight is 263 g/mol. The summed E-state index contributed by atoms with van der Waals surface area (Å²) in [6.07, 6.45) is 1.19. The predicted molar refractivity (Wildman–Crippen MR) is 71.7 cm³/mol. The molecule has 1 unspecified atom stereocenters. The summed E-state index contributed by atoms with van der Waals surface area (Å²) in [5, 5.41) is 0. The van der Waals surface area contributed by atoms with Gasteiger partial charge in [0.2, 0.25) is 0 Å². The van der Waals surface area contributed by atoms with E-state index < -0.39 is 0 Å². The van der Waals surface area contributed by atoms with Gasteiger partial charge in [-0.25, -0.2) is 4.39 Å². The maximum absolute atomic E-state index is 14.0. The third kappa shape index (κ3) is 2.96. The Hall–Kier alpha value is -1.81. The van der Waals surface area contributed by atoms with Crippen molar-refractivity contribution in [2.45, 2.75) is 25.8 Å². The van der Waals surface area contributed by atoms with Crippen LogP contribution < -0.4 is 10.5 Å². The molecule has 0 spiro atoms. The minimum Gasteiger partial charge on any atom is -0.494 e. The molecule has 0 aliphatic rings. The largest absolute Gasteiger partial charge is 0.494 e. The molecule has 0 amide bonds. The molecule has 0 aliphatic carbocycles. The summed E-state index contributed by atoms with van der Waals surface area (Å²) in [4.78, 5) is 0. The first-order valence-corrected chi connectivity index (χ1v) is 6.31. The molecule has 2 N–H and O–H groups in total. The average Bonchev–Trinajstić information content (AvgIpc) is 2.90. The summed E-state index contributed by atoms with van der Waals surface area (Å²) in [5.74, 6) is 1.44. The number of hydrogen-bond acceptors (Lipinski definition) is 3. The monoisotopic (exact) mass is 263 g/mol. The molecule has 1 heterocycles. The second-order valence-corrected chi connectivity index (χ2v) is 4.40. The number of hydrogen-bond donors (Lipinski definition) is 1. The first-order chi connectivity index (χ1) is 9.15. The van der Waals surface area contributed by atoms with Crippen molar-refractivity contribution in [3.8, 4) is 5.75 Å². The lowest BCUT2D eigenvalue weighted by Crippen LogP contribution is -2.13. The smallest absolute Gasteiger partial charge is 0.168 e. The lowest BCUT2D eigenvalue weighted by Gasteiger charge is -2.11. The highest BCUT2D eigenvalue weighted by Gasteiger charge is 2.15. The number of rotatable bonds is 5. The highest BCUT2D eigenvalue weighted by Crippen LogP contribution is 2.25. The van der Waals surface area contributed by atoms with Crippen LogP contribution in [-0.4, -0.2) is 7.11 Å². The van der Waals surface area contributed by atoms with Gasteiger partial charge in [-0.1, -0.05) is 19.1 Å². The molecule has 2 rings (SSSR count). The van der Waals surface area contributed by atoms with Crippen LogP contribution in [0.2, 0.25) is 0 Å². The molecule has 19 heavy (non-hydrogen) atoms. The molecule has 3 nitrogen and oxygen atoms in total. The summed E-state index contributed by atoms with van der Waals surface area (Å²) in [7, 11) is 1.45. The van der Waals surface area contributed by atoms with Crippen LogP contribution in [0.25, 0.3) is 0 Å². The highest BCUT2D eigenvalue weighted by molar-refractivity contribution is 5.32. The first kappa shape index (κ1) is 13.6. The van der Waals surface area contributed by atoms with Gasteiger partial charge >= 0.3 is 0 Å². The Morgan fingerprint density at radius 3 is 2.74 bits per heavy atom. The Labute approximate surface area is 112 Å². The van der Waals surface area contributed by atoms with Crippen LogP contribution in [0.15, 0.2) is 34.7 Å². The minimum atomic E-state index is -0.359. The van der Waals surface area contributed by atoms with Crippen LogP contribution in [0.3, 0.4) is 0 Å². The molecular weight excluding hydrogens is 245 g/mol. The molecule has 2 aromatic rings. The summed E-state index contributed by atoms with van der Waals surface area (Å²) in [6.45, 7) is 2.01. The van der Waals surface area contributed by atoms with Gasteiger partial charge in [-0.3, -0.25) is 0 Å². The van der Waals surface area contributed by atoms with Gasteiger partial charge in [-0.2, -0.15) is 0 Å². The lowest BCUT2D eigenvalue weighted by molar-refractivity contribution is 0.381. The molecule has 0 radical (unpaired) electrons. The Morgan fingerprint density at radius 2 is 2.11 bits per heavy atom. The fourth-order valence-electron chi connectivity index (χ4n) is 1.99. The quantitative estimate of drug-likeness (QED) is 0.901. The predicted octanol–water partition coefficient (Wildman–Crippen LogP) is 3.23. The number of ether oxygens (including phenoxy) is 1. The summed E-state index contributed by atoms with van der Waals surface area (Å²) in [5.41, 5.74) is 6.58. The van der Waals surface area contributed by atoms with E-state index in [0.29, 0.717) is 17.7 Å². The van der Waals surface area contributed by atoms with Crippen LogP contribution in [0, 0.1) is 5.82 Å². The van der Waals surface area contributed by atoms with Gasteiger partial charge in [-0.15, -0.1) is 0 Å². The molecule has 0 bridgehead atoms. The highest BCUT2D eigenvalue weighted by atomic mass is 19.1. The van der Waals surface area contributed by atoms with E-state index in [1.165, 1.54) is 7.11 Å². The van der Waals surface area contributed by atoms with Gasteiger partial charge in [0.1, 0.15) is 11.5 Å². The Bertz CT molecular complexity index is 551. The normalized spacial score (nSPS) is 12.4. The van der Waals surface area contributed by atoms with Gasteiger partial charge in [0.25, 0.3) is 0 Å². The van der Waals surface area contributed by atoms with Crippen LogP contribution in [0.4, 0.5) is 4.39 Å². The molecule has 0 saturated heterocycles. The Balaban J connectivity index is 2.16. The molecule has 0 fully saturated rings. The number of benzene rings is 1. The molecule has 1 atom stereocenters. The van der Waals surface area contributed by atoms with Crippen molar-refractivity contribution in [2.75, 3.05) is 7.11 Å². The summed E-state index contributed by atoms with van der Waals surface area (Å²) < 4.78 is 24.5. The standard InChI is InChI=1S/C15H18FNO2/c1-3-11-7-8-13(19-11)12(17)9-10-5-4-6-14(18-2)15(10)16/h4-8,12H,3,9,17H2,1-2H3. The van der Waals surface area contributed by atoms with E-state index in [2.05, 4.69) is 0 Å². The van der Waals surface area contributed by atoms with E-state index in [9.17, 15) is 4.39 Å². The van der Waals surface area contributed by atoms with Gasteiger partial charge < -0.3 is 14.9 Å². The number of halogens is 1. The topological polar surface area (TPSA) is 48.4 Å². The number of aryl methyl sites for hydroxylation is 1. The third-order valence-corrected chi connectivity index (χ3v) is 3.10. The maximum Gasteiger partial charge on any atom is 0.168 e. The lowest BCUT2D eigenvalue weighted by atomic mass is 10.0. The van der Waals surface area contributed by atoms with Crippen LogP contribution in [-0.2, 0) is 12.8 Å². The van der Waals surface area contributed by atoms with Gasteiger partial charge in [-0.05, 0) is 30.2 Å². The van der Waals surface area contributed by atoms with E-state index in [-0.39, 0.29) is 17.6 Å². The zero-order chi connectivity index (χ0) is 13.8. The van der Waals surface area contributed by atoms with E-state index in [1.54, 1.807) is 18.2 Å². The number of methoxy groups -OCH3 is 1. The fraction of sp³-hybridized carbons (Fsp3) is 0.333. The SMILES string of the molecule is CCc1ccc(C(N)Cc2cccc(OC)c2F)o1. The third-order valence-electron chi connectivity index (χ3n) is 3.10. The fourth-order valence-corrected chi connectivity index (χ4v) is 1.99. The van der Waals surface area contributed by atoms with Crippen molar-refractivity contribution >= 4 is 0 Å². The maximum atomic E-state index is 14.0. The molecule has 1 aromatic carbocycles. The van der Waals surface area contributed by atoms with E-state index >= 15 is 0 Å². The molecule has 0 saturated carbocycles. The number of furan rings is 1. The van der Waals surface area contributed by atoms with Crippen LogP contribution in [0.5, 0.6) is 5.75 Å². The van der Waals surface area contributed by atoms with Crippen molar-refractivity contribution in [3.63, 3.8) is 0 Å². The van der Waals surface area contributed by atoms with Crippen molar-refractivity contribution in [1.82, 2.24) is 0 Å².